The van der Waals surface area contributed by atoms with Crippen LogP contribution in [0.5, 0.6) is 0 Å². The molecule has 0 radical (unpaired) electrons. The lowest BCUT2D eigenvalue weighted by atomic mass is 10.3. The van der Waals surface area contributed by atoms with E-state index in [9.17, 15) is 8.42 Å². The first-order chi connectivity index (χ1) is 7.04. The number of hydrogen-bond acceptors (Lipinski definition) is 3. The zero-order chi connectivity index (χ0) is 11.5. The highest BCUT2D eigenvalue weighted by molar-refractivity contribution is 7.90. The molecule has 0 aliphatic heterocycles. The van der Waals surface area contributed by atoms with Gasteiger partial charge in [-0.1, -0.05) is 19.8 Å². The molecule has 0 N–H and O–H groups in total. The van der Waals surface area contributed by atoms with Gasteiger partial charge in [-0.3, -0.25) is 0 Å². The van der Waals surface area contributed by atoms with E-state index in [1.807, 2.05) is 6.07 Å². The molecule has 1 fully saturated rings. The number of hydrogen-bond donors (Lipinski definition) is 0. The minimum Gasteiger partial charge on any atom is -0.211 e. The summed E-state index contributed by atoms with van der Waals surface area (Å²) in [5.74, 6) is 0. The third kappa shape index (κ3) is 2.50. The molecule has 1 rings (SSSR count). The van der Waals surface area contributed by atoms with Crippen LogP contribution in [0.2, 0.25) is 0 Å². The Balaban J connectivity index is 2.81. The summed E-state index contributed by atoms with van der Waals surface area (Å²) in [7, 11) is -1.81. The van der Waals surface area contributed by atoms with Crippen LogP contribution in [0.25, 0.3) is 0 Å². The number of nitrogens with zero attached hydrogens (tertiary/aromatic N) is 2. The van der Waals surface area contributed by atoms with Crippen LogP contribution < -0.4 is 0 Å². The molecule has 1 unspecified atom stereocenters. The van der Waals surface area contributed by atoms with Gasteiger partial charge in [-0.2, -0.15) is 5.26 Å². The van der Waals surface area contributed by atoms with Crippen LogP contribution in [0.15, 0.2) is 0 Å². The molecule has 86 valence electrons. The molecule has 1 atom stereocenters. The Kier molecular flexibility index (Phi) is 4.12. The Morgan fingerprint density at radius 1 is 1.47 bits per heavy atom. The topological polar surface area (TPSA) is 61.2 Å². The Bertz CT molecular complexity index is 339. The molecule has 0 bridgehead atoms. The summed E-state index contributed by atoms with van der Waals surface area (Å²) in [5, 5.41) is 7.91. The van der Waals surface area contributed by atoms with Gasteiger partial charge in [-0.05, 0) is 19.3 Å². The van der Waals surface area contributed by atoms with Crippen LogP contribution in [-0.4, -0.2) is 31.1 Å². The van der Waals surface area contributed by atoms with Gasteiger partial charge in [0.2, 0.25) is 10.0 Å². The van der Waals surface area contributed by atoms with Gasteiger partial charge in [0.1, 0.15) is 0 Å². The van der Waals surface area contributed by atoms with Crippen LogP contribution in [0.3, 0.4) is 0 Å². The van der Waals surface area contributed by atoms with Gasteiger partial charge in [0.15, 0.2) is 5.25 Å². The molecule has 0 aromatic rings. The second-order valence-electron chi connectivity index (χ2n) is 4.03. The fourth-order valence-electron chi connectivity index (χ4n) is 2.04. The maximum atomic E-state index is 12.0. The van der Waals surface area contributed by atoms with Gasteiger partial charge in [0, 0.05) is 13.1 Å². The Morgan fingerprint density at radius 2 is 2.00 bits per heavy atom. The maximum Gasteiger partial charge on any atom is 0.230 e. The van der Waals surface area contributed by atoms with Gasteiger partial charge in [-0.15, -0.1) is 0 Å². The Labute approximate surface area is 91.9 Å². The predicted molar refractivity (Wildman–Crippen MR) is 58.6 cm³/mol. The number of sulfonamides is 1. The molecule has 0 saturated heterocycles. The van der Waals surface area contributed by atoms with Crippen LogP contribution in [-0.2, 0) is 10.0 Å². The largest absolute Gasteiger partial charge is 0.230 e. The molecule has 0 aromatic heterocycles. The van der Waals surface area contributed by atoms with E-state index in [0.717, 1.165) is 25.7 Å². The van der Waals surface area contributed by atoms with E-state index in [4.69, 9.17) is 5.26 Å². The van der Waals surface area contributed by atoms with Crippen molar-refractivity contribution in [2.45, 2.75) is 50.3 Å². The summed E-state index contributed by atoms with van der Waals surface area (Å²) in [6.07, 6.45) is 4.40. The predicted octanol–water partition coefficient (Wildman–Crippen LogP) is 1.49. The van der Waals surface area contributed by atoms with E-state index < -0.39 is 15.3 Å². The summed E-state index contributed by atoms with van der Waals surface area (Å²) >= 11 is 0. The van der Waals surface area contributed by atoms with Crippen molar-refractivity contribution in [3.63, 3.8) is 0 Å². The van der Waals surface area contributed by atoms with Crippen molar-refractivity contribution in [1.82, 2.24) is 4.31 Å². The summed E-state index contributed by atoms with van der Waals surface area (Å²) < 4.78 is 25.4. The normalized spacial score (nSPS) is 20.4. The molecular weight excluding hydrogens is 212 g/mol. The van der Waals surface area contributed by atoms with E-state index in [0.29, 0.717) is 6.42 Å². The fraction of sp³-hybridized carbons (Fsp3) is 0.900. The average molecular weight is 230 g/mol. The fourth-order valence-corrected chi connectivity index (χ4v) is 3.63. The highest BCUT2D eigenvalue weighted by Crippen LogP contribution is 2.26. The second-order valence-corrected chi connectivity index (χ2v) is 6.20. The van der Waals surface area contributed by atoms with Gasteiger partial charge in [0.05, 0.1) is 6.07 Å². The second kappa shape index (κ2) is 4.95. The number of rotatable bonds is 4. The van der Waals surface area contributed by atoms with Crippen molar-refractivity contribution in [2.24, 2.45) is 0 Å². The molecule has 1 saturated carbocycles. The van der Waals surface area contributed by atoms with E-state index in [1.165, 1.54) is 4.31 Å². The third-order valence-corrected chi connectivity index (χ3v) is 5.37. The minimum atomic E-state index is -3.41. The smallest absolute Gasteiger partial charge is 0.211 e. The van der Waals surface area contributed by atoms with E-state index in [-0.39, 0.29) is 6.04 Å². The first kappa shape index (κ1) is 12.5. The first-order valence-electron chi connectivity index (χ1n) is 5.40. The van der Waals surface area contributed by atoms with Gasteiger partial charge in [-0.25, -0.2) is 12.7 Å². The van der Waals surface area contributed by atoms with Crippen molar-refractivity contribution in [1.29, 1.82) is 5.26 Å². The lowest BCUT2D eigenvalue weighted by molar-refractivity contribution is 0.370. The first-order valence-corrected chi connectivity index (χ1v) is 6.90. The van der Waals surface area contributed by atoms with Gasteiger partial charge < -0.3 is 0 Å². The van der Waals surface area contributed by atoms with Gasteiger partial charge in [0.25, 0.3) is 0 Å². The molecular formula is C10H18N2O2S. The van der Waals surface area contributed by atoms with Crippen LogP contribution >= 0.6 is 0 Å². The standard InChI is InChI=1S/C10H18N2O2S/c1-3-10(8-11)15(13,14)12(2)9-6-4-5-7-9/h9-10H,3-7H2,1-2H3. The molecule has 4 nitrogen and oxygen atoms in total. The van der Waals surface area contributed by atoms with Crippen molar-refractivity contribution < 1.29 is 8.42 Å². The highest BCUT2D eigenvalue weighted by atomic mass is 32.2. The molecule has 0 amide bonds. The summed E-state index contributed by atoms with van der Waals surface area (Å²) in [5.41, 5.74) is 0. The highest BCUT2D eigenvalue weighted by Gasteiger charge is 2.34. The molecule has 1 aliphatic rings. The SMILES string of the molecule is CCC(C#N)S(=O)(=O)N(C)C1CCCC1. The van der Waals surface area contributed by atoms with E-state index >= 15 is 0 Å². The lowest BCUT2D eigenvalue weighted by Crippen LogP contribution is -2.40. The third-order valence-electron chi connectivity index (χ3n) is 3.11. The van der Waals surface area contributed by atoms with Crippen molar-refractivity contribution in [2.75, 3.05) is 7.05 Å². The van der Waals surface area contributed by atoms with Crippen LogP contribution in [0, 0.1) is 11.3 Å². The van der Waals surface area contributed by atoms with Crippen molar-refractivity contribution >= 4 is 10.0 Å². The lowest BCUT2D eigenvalue weighted by Gasteiger charge is -2.25. The van der Waals surface area contributed by atoms with Crippen LogP contribution in [0.1, 0.15) is 39.0 Å². The monoisotopic (exact) mass is 230 g/mol. The Morgan fingerprint density at radius 3 is 2.40 bits per heavy atom. The van der Waals surface area contributed by atoms with Crippen molar-refractivity contribution in [3.8, 4) is 6.07 Å². The summed E-state index contributed by atoms with van der Waals surface area (Å²) in [6, 6.07) is 1.98. The molecule has 5 heteroatoms. The molecule has 15 heavy (non-hydrogen) atoms. The van der Waals surface area contributed by atoms with Gasteiger partial charge >= 0.3 is 0 Å². The zero-order valence-electron chi connectivity index (χ0n) is 9.31. The molecule has 1 aliphatic carbocycles. The minimum absolute atomic E-state index is 0.109. The van der Waals surface area contributed by atoms with E-state index in [1.54, 1.807) is 14.0 Å². The Hall–Kier alpha value is -0.600. The van der Waals surface area contributed by atoms with Crippen LogP contribution in [0.4, 0.5) is 0 Å². The van der Waals surface area contributed by atoms with E-state index in [2.05, 4.69) is 0 Å². The maximum absolute atomic E-state index is 12.0. The molecule has 0 heterocycles. The average Bonchev–Trinajstić information content (AvgIpc) is 2.70. The summed E-state index contributed by atoms with van der Waals surface area (Å²) in [4.78, 5) is 0. The zero-order valence-corrected chi connectivity index (χ0v) is 10.1. The molecule has 0 spiro atoms. The quantitative estimate of drug-likeness (QED) is 0.735. The number of nitriles is 1. The summed E-state index contributed by atoms with van der Waals surface area (Å²) in [6.45, 7) is 1.73. The molecule has 0 aromatic carbocycles. The van der Waals surface area contributed by atoms with Crippen molar-refractivity contribution in [3.05, 3.63) is 0 Å².